The van der Waals surface area contributed by atoms with Crippen molar-refractivity contribution in [2.24, 2.45) is 0 Å². The Morgan fingerprint density at radius 3 is 2.86 bits per heavy atom. The minimum atomic E-state index is -0.302. The summed E-state index contributed by atoms with van der Waals surface area (Å²) in [5, 5.41) is 3.62. The molecule has 2 heterocycles. The molecule has 142 valence electrons. The number of nitrogens with one attached hydrogen (secondary N) is 1. The number of ether oxygens (including phenoxy) is 2. The number of amides is 2. The highest BCUT2D eigenvalue weighted by Crippen LogP contribution is 2.31. The zero-order chi connectivity index (χ0) is 19.5. The predicted octanol–water partition coefficient (Wildman–Crippen LogP) is 2.40. The summed E-state index contributed by atoms with van der Waals surface area (Å²) in [6.45, 7) is 0.622. The number of para-hydroxylation sites is 3. The molecule has 1 N–H and O–H groups in total. The quantitative estimate of drug-likeness (QED) is 0.739. The minimum absolute atomic E-state index is 0.00657. The number of carbonyl (C=O) groups is 2. The maximum atomic E-state index is 12.7. The molecule has 0 fully saturated rings. The number of aromatic nitrogens is 1. The second-order valence-corrected chi connectivity index (χ2v) is 6.28. The molecule has 7 nitrogen and oxygen atoms in total. The van der Waals surface area contributed by atoms with Crippen LogP contribution in [0.2, 0.25) is 0 Å². The maximum absolute atomic E-state index is 12.7. The van der Waals surface area contributed by atoms with Gasteiger partial charge in [0.05, 0.1) is 18.3 Å². The highest BCUT2D eigenvalue weighted by molar-refractivity contribution is 6.02. The van der Waals surface area contributed by atoms with Crippen LogP contribution in [0.4, 0.5) is 5.69 Å². The van der Waals surface area contributed by atoms with Gasteiger partial charge in [-0.1, -0.05) is 24.3 Å². The first-order chi connectivity index (χ1) is 13.7. The molecule has 0 spiro atoms. The normalized spacial score (nSPS) is 13.0. The summed E-state index contributed by atoms with van der Waals surface area (Å²) in [7, 11) is 1.53. The molecule has 0 radical (unpaired) electrons. The Hall–Kier alpha value is -3.61. The number of hydrogen-bond acceptors (Lipinski definition) is 5. The monoisotopic (exact) mass is 377 g/mol. The fraction of sp³-hybridized carbons (Fsp3) is 0.190. The van der Waals surface area contributed by atoms with Gasteiger partial charge in [-0.3, -0.25) is 14.6 Å². The van der Waals surface area contributed by atoms with Gasteiger partial charge >= 0.3 is 0 Å². The summed E-state index contributed by atoms with van der Waals surface area (Å²) in [5.74, 6) is 0.701. The van der Waals surface area contributed by atoms with E-state index in [0.29, 0.717) is 29.3 Å². The molecule has 3 aromatic rings. The predicted molar refractivity (Wildman–Crippen MR) is 105 cm³/mol. The number of fused-ring (bicyclic) bond motifs is 2. The third-order valence-electron chi connectivity index (χ3n) is 4.60. The lowest BCUT2D eigenvalue weighted by Gasteiger charge is -2.29. The van der Waals surface area contributed by atoms with Gasteiger partial charge in [-0.05, 0) is 24.3 Å². The van der Waals surface area contributed by atoms with E-state index in [1.807, 2.05) is 48.5 Å². The Morgan fingerprint density at radius 1 is 1.21 bits per heavy atom. The summed E-state index contributed by atoms with van der Waals surface area (Å²) in [6, 6.07) is 14.8. The number of hydrogen-bond donors (Lipinski definition) is 1. The molecule has 0 bridgehead atoms. The highest BCUT2D eigenvalue weighted by atomic mass is 16.5. The van der Waals surface area contributed by atoms with Gasteiger partial charge in [0.2, 0.25) is 0 Å². The molecule has 0 atom stereocenters. The van der Waals surface area contributed by atoms with Crippen molar-refractivity contribution in [3.05, 3.63) is 60.3 Å². The lowest BCUT2D eigenvalue weighted by Crippen LogP contribution is -2.43. The van der Waals surface area contributed by atoms with Crippen molar-refractivity contribution in [2.45, 2.75) is 0 Å². The fourth-order valence-electron chi connectivity index (χ4n) is 3.27. The van der Waals surface area contributed by atoms with Gasteiger partial charge in [-0.25, -0.2) is 0 Å². The van der Waals surface area contributed by atoms with Gasteiger partial charge < -0.3 is 19.7 Å². The van der Waals surface area contributed by atoms with Crippen LogP contribution in [-0.4, -0.2) is 43.6 Å². The van der Waals surface area contributed by atoms with Crippen molar-refractivity contribution < 1.29 is 19.1 Å². The van der Waals surface area contributed by atoms with E-state index in [9.17, 15) is 9.59 Å². The molecular weight excluding hydrogens is 358 g/mol. The first-order valence-corrected chi connectivity index (χ1v) is 8.91. The largest absolute Gasteiger partial charge is 0.495 e. The van der Waals surface area contributed by atoms with Crippen molar-refractivity contribution >= 4 is 28.4 Å². The summed E-state index contributed by atoms with van der Waals surface area (Å²) in [6.07, 6.45) is 1.51. The van der Waals surface area contributed by atoms with E-state index in [0.717, 1.165) is 10.9 Å². The number of pyridine rings is 1. The second kappa shape index (κ2) is 7.56. The molecule has 2 amide bonds. The van der Waals surface area contributed by atoms with Crippen LogP contribution < -0.4 is 19.7 Å². The molecule has 1 aromatic heterocycles. The smallest absolute Gasteiger partial charge is 0.265 e. The average Bonchev–Trinajstić information content (AvgIpc) is 2.74. The Bertz CT molecular complexity index is 1050. The molecule has 0 saturated carbocycles. The number of methoxy groups -OCH3 is 1. The van der Waals surface area contributed by atoms with Gasteiger partial charge in [-0.2, -0.15) is 0 Å². The molecule has 4 rings (SSSR count). The molecule has 0 saturated heterocycles. The third-order valence-corrected chi connectivity index (χ3v) is 4.60. The fourth-order valence-corrected chi connectivity index (χ4v) is 3.27. The molecule has 1 aliphatic rings. The van der Waals surface area contributed by atoms with Gasteiger partial charge in [0.15, 0.2) is 6.61 Å². The van der Waals surface area contributed by atoms with E-state index < -0.39 is 0 Å². The van der Waals surface area contributed by atoms with Crippen LogP contribution in [-0.2, 0) is 4.79 Å². The van der Waals surface area contributed by atoms with Crippen molar-refractivity contribution in [1.29, 1.82) is 0 Å². The zero-order valence-corrected chi connectivity index (χ0v) is 15.3. The van der Waals surface area contributed by atoms with Gasteiger partial charge in [0.25, 0.3) is 11.8 Å². The van der Waals surface area contributed by atoms with Gasteiger partial charge in [-0.15, -0.1) is 0 Å². The van der Waals surface area contributed by atoms with Crippen LogP contribution in [0.5, 0.6) is 11.5 Å². The molecule has 2 aromatic carbocycles. The zero-order valence-electron chi connectivity index (χ0n) is 15.3. The Labute approximate surface area is 161 Å². The van der Waals surface area contributed by atoms with Crippen molar-refractivity contribution in [2.75, 3.05) is 31.7 Å². The van der Waals surface area contributed by atoms with Crippen molar-refractivity contribution in [3.8, 4) is 11.5 Å². The first kappa shape index (κ1) is 17.8. The van der Waals surface area contributed by atoms with Crippen molar-refractivity contribution in [1.82, 2.24) is 10.3 Å². The summed E-state index contributed by atoms with van der Waals surface area (Å²) >= 11 is 0. The van der Waals surface area contributed by atoms with E-state index in [1.54, 1.807) is 4.90 Å². The van der Waals surface area contributed by atoms with Gasteiger partial charge in [0, 0.05) is 24.7 Å². The van der Waals surface area contributed by atoms with E-state index in [4.69, 9.17) is 9.47 Å². The molecule has 0 aliphatic carbocycles. The van der Waals surface area contributed by atoms with Crippen LogP contribution >= 0.6 is 0 Å². The Balaban J connectivity index is 1.48. The maximum Gasteiger partial charge on any atom is 0.265 e. The number of anilines is 1. The van der Waals surface area contributed by atoms with E-state index in [2.05, 4.69) is 10.3 Å². The Kier molecular flexibility index (Phi) is 4.80. The van der Waals surface area contributed by atoms with Crippen LogP contribution in [0.3, 0.4) is 0 Å². The second-order valence-electron chi connectivity index (χ2n) is 6.28. The average molecular weight is 377 g/mol. The molecule has 1 aliphatic heterocycles. The molecule has 0 unspecified atom stereocenters. The summed E-state index contributed by atoms with van der Waals surface area (Å²) in [5.41, 5.74) is 1.82. The van der Waals surface area contributed by atoms with E-state index in [-0.39, 0.29) is 25.0 Å². The molecular formula is C21H19N3O4. The van der Waals surface area contributed by atoms with Crippen LogP contribution in [0.15, 0.2) is 54.7 Å². The standard InChI is InChI=1S/C21H19N3O4/c1-27-20-14-6-2-3-7-16(14)23-12-15(20)21(26)22-10-11-24-17-8-4-5-9-18(17)28-13-19(24)25/h2-9,12H,10-11,13H2,1H3,(H,22,26). The summed E-state index contributed by atoms with van der Waals surface area (Å²) < 4.78 is 10.9. The van der Waals surface area contributed by atoms with E-state index >= 15 is 0 Å². The summed E-state index contributed by atoms with van der Waals surface area (Å²) in [4.78, 5) is 30.8. The van der Waals surface area contributed by atoms with Crippen molar-refractivity contribution in [3.63, 3.8) is 0 Å². The lowest BCUT2D eigenvalue weighted by molar-refractivity contribution is -0.121. The number of rotatable bonds is 5. The highest BCUT2D eigenvalue weighted by Gasteiger charge is 2.25. The van der Waals surface area contributed by atoms with Gasteiger partial charge in [0.1, 0.15) is 17.1 Å². The topological polar surface area (TPSA) is 80.8 Å². The molecule has 7 heteroatoms. The third kappa shape index (κ3) is 3.22. The van der Waals surface area contributed by atoms with E-state index in [1.165, 1.54) is 13.3 Å². The van der Waals surface area contributed by atoms with Crippen LogP contribution in [0.25, 0.3) is 10.9 Å². The SMILES string of the molecule is COc1c(C(=O)NCCN2C(=O)COc3ccccc32)cnc2ccccc12. The lowest BCUT2D eigenvalue weighted by atomic mass is 10.1. The minimum Gasteiger partial charge on any atom is -0.495 e. The number of carbonyl (C=O) groups excluding carboxylic acids is 2. The first-order valence-electron chi connectivity index (χ1n) is 8.91. The van der Waals surface area contributed by atoms with Crippen LogP contribution in [0.1, 0.15) is 10.4 Å². The number of benzene rings is 2. The van der Waals surface area contributed by atoms with Crippen LogP contribution in [0, 0.1) is 0 Å². The Morgan fingerprint density at radius 2 is 2.00 bits per heavy atom. The molecule has 28 heavy (non-hydrogen) atoms. The number of nitrogens with zero attached hydrogens (tertiary/aromatic N) is 2.